The molecule has 0 aliphatic carbocycles. The standard InChI is InChI=1S/C18H18F2N6O2/c19-16(20)12-27-7-5-25-11-15(17(24-25)14-3-1-2-4-21-14)26-6-8-28-18(26)13-9-22-23-10-13/h1-4,6,8-11,16,18H,5,7,12H2,(H,22,23). The fourth-order valence-corrected chi connectivity index (χ4v) is 2.89. The van der Waals surface area contributed by atoms with E-state index < -0.39 is 19.3 Å². The molecule has 1 atom stereocenters. The first-order valence-corrected chi connectivity index (χ1v) is 8.66. The quantitative estimate of drug-likeness (QED) is 0.598. The average Bonchev–Trinajstić information content (AvgIpc) is 3.45. The number of ether oxygens (including phenoxy) is 2. The fraction of sp³-hybridized carbons (Fsp3) is 0.278. The third-order valence-electron chi connectivity index (χ3n) is 4.12. The van der Waals surface area contributed by atoms with E-state index in [0.29, 0.717) is 17.9 Å². The summed E-state index contributed by atoms with van der Waals surface area (Å²) in [5, 5.41) is 11.3. The lowest BCUT2D eigenvalue weighted by atomic mass is 10.2. The van der Waals surface area contributed by atoms with Gasteiger partial charge in [-0.1, -0.05) is 6.07 Å². The van der Waals surface area contributed by atoms with Gasteiger partial charge in [0, 0.05) is 24.8 Å². The maximum atomic E-state index is 12.2. The molecule has 0 radical (unpaired) electrons. The van der Waals surface area contributed by atoms with Crippen molar-refractivity contribution >= 4 is 5.69 Å². The van der Waals surface area contributed by atoms with E-state index in [1.54, 1.807) is 35.7 Å². The van der Waals surface area contributed by atoms with Crippen LogP contribution in [0.5, 0.6) is 0 Å². The molecule has 0 amide bonds. The number of alkyl halides is 2. The highest BCUT2D eigenvalue weighted by atomic mass is 19.3. The number of aromatic amines is 1. The molecule has 1 aliphatic rings. The highest BCUT2D eigenvalue weighted by molar-refractivity contribution is 5.73. The number of hydrogen-bond donors (Lipinski definition) is 1. The van der Waals surface area contributed by atoms with Crippen LogP contribution < -0.4 is 4.90 Å². The number of aromatic nitrogens is 5. The zero-order valence-electron chi connectivity index (χ0n) is 14.8. The molecule has 146 valence electrons. The van der Waals surface area contributed by atoms with Gasteiger partial charge in [-0.05, 0) is 12.1 Å². The first kappa shape index (κ1) is 18.1. The van der Waals surface area contributed by atoms with E-state index in [2.05, 4.69) is 20.3 Å². The predicted molar refractivity (Wildman–Crippen MR) is 96.3 cm³/mol. The molecule has 3 aromatic heterocycles. The first-order valence-electron chi connectivity index (χ1n) is 8.66. The molecular weight excluding hydrogens is 370 g/mol. The van der Waals surface area contributed by atoms with Gasteiger partial charge in [-0.15, -0.1) is 0 Å². The van der Waals surface area contributed by atoms with Crippen molar-refractivity contribution in [1.29, 1.82) is 0 Å². The lowest BCUT2D eigenvalue weighted by molar-refractivity contribution is 0.0140. The lowest BCUT2D eigenvalue weighted by Crippen LogP contribution is -2.19. The molecule has 4 rings (SSSR count). The van der Waals surface area contributed by atoms with Crippen LogP contribution in [0.1, 0.15) is 11.8 Å². The van der Waals surface area contributed by atoms with Crippen molar-refractivity contribution in [3.63, 3.8) is 0 Å². The number of nitrogens with one attached hydrogen (secondary N) is 1. The Morgan fingerprint density at radius 1 is 1.32 bits per heavy atom. The Morgan fingerprint density at radius 3 is 3.00 bits per heavy atom. The minimum atomic E-state index is -2.49. The molecule has 1 unspecified atom stereocenters. The van der Waals surface area contributed by atoms with Crippen LogP contribution in [0.4, 0.5) is 14.5 Å². The molecule has 0 bridgehead atoms. The van der Waals surface area contributed by atoms with Crippen molar-refractivity contribution in [3.05, 3.63) is 61.0 Å². The van der Waals surface area contributed by atoms with Gasteiger partial charge in [0.1, 0.15) is 18.6 Å². The SMILES string of the molecule is FC(F)COCCn1cc(N2C=COC2c2cn[nH]c2)c(-c2ccccn2)n1. The number of hydrogen-bond acceptors (Lipinski definition) is 6. The second-order valence-electron chi connectivity index (χ2n) is 6.02. The molecule has 3 aromatic rings. The van der Waals surface area contributed by atoms with Crippen LogP contribution in [0.15, 0.2) is 55.4 Å². The molecule has 0 fully saturated rings. The summed E-state index contributed by atoms with van der Waals surface area (Å²) in [7, 11) is 0. The van der Waals surface area contributed by atoms with E-state index in [-0.39, 0.29) is 6.61 Å². The van der Waals surface area contributed by atoms with E-state index in [9.17, 15) is 8.78 Å². The van der Waals surface area contributed by atoms with Crippen molar-refractivity contribution in [2.24, 2.45) is 0 Å². The monoisotopic (exact) mass is 388 g/mol. The zero-order chi connectivity index (χ0) is 19.3. The van der Waals surface area contributed by atoms with Crippen molar-refractivity contribution in [2.45, 2.75) is 19.2 Å². The number of anilines is 1. The van der Waals surface area contributed by atoms with Gasteiger partial charge in [-0.25, -0.2) is 8.78 Å². The smallest absolute Gasteiger partial charge is 0.261 e. The molecule has 1 aliphatic heterocycles. The van der Waals surface area contributed by atoms with Crippen molar-refractivity contribution in [2.75, 3.05) is 18.1 Å². The summed E-state index contributed by atoms with van der Waals surface area (Å²) in [4.78, 5) is 6.30. The maximum absolute atomic E-state index is 12.2. The van der Waals surface area contributed by atoms with Gasteiger partial charge in [-0.2, -0.15) is 10.2 Å². The van der Waals surface area contributed by atoms with Gasteiger partial charge in [0.25, 0.3) is 6.43 Å². The summed E-state index contributed by atoms with van der Waals surface area (Å²) < 4.78 is 36.8. The predicted octanol–water partition coefficient (Wildman–Crippen LogP) is 2.96. The maximum Gasteiger partial charge on any atom is 0.261 e. The highest BCUT2D eigenvalue weighted by Gasteiger charge is 2.29. The normalized spacial score (nSPS) is 16.1. The fourth-order valence-electron chi connectivity index (χ4n) is 2.89. The highest BCUT2D eigenvalue weighted by Crippen LogP contribution is 2.37. The molecule has 1 N–H and O–H groups in total. The number of halogens is 2. The van der Waals surface area contributed by atoms with E-state index >= 15 is 0 Å². The Kier molecular flexibility index (Phi) is 5.29. The minimum absolute atomic E-state index is 0.130. The van der Waals surface area contributed by atoms with Gasteiger partial charge in [0.2, 0.25) is 6.23 Å². The minimum Gasteiger partial charge on any atom is -0.472 e. The second kappa shape index (κ2) is 8.17. The van der Waals surface area contributed by atoms with E-state index in [1.165, 1.54) is 0 Å². The molecule has 10 heteroatoms. The van der Waals surface area contributed by atoms with Crippen LogP contribution in [0.2, 0.25) is 0 Å². The molecule has 4 heterocycles. The molecule has 0 aromatic carbocycles. The van der Waals surface area contributed by atoms with E-state index in [0.717, 1.165) is 11.3 Å². The van der Waals surface area contributed by atoms with Gasteiger partial charge >= 0.3 is 0 Å². The summed E-state index contributed by atoms with van der Waals surface area (Å²) in [6.45, 7) is -0.127. The van der Waals surface area contributed by atoms with Crippen molar-refractivity contribution in [3.8, 4) is 11.4 Å². The van der Waals surface area contributed by atoms with Gasteiger partial charge < -0.3 is 14.4 Å². The van der Waals surface area contributed by atoms with Gasteiger partial charge in [-0.3, -0.25) is 14.8 Å². The Bertz CT molecular complexity index is 914. The van der Waals surface area contributed by atoms with Gasteiger partial charge in [0.15, 0.2) is 0 Å². The van der Waals surface area contributed by atoms with E-state index in [1.807, 2.05) is 29.3 Å². The Morgan fingerprint density at radius 2 is 2.25 bits per heavy atom. The van der Waals surface area contributed by atoms with Gasteiger partial charge in [0.05, 0.1) is 36.3 Å². The second-order valence-corrected chi connectivity index (χ2v) is 6.02. The lowest BCUT2D eigenvalue weighted by Gasteiger charge is -2.22. The number of nitrogens with zero attached hydrogens (tertiary/aromatic N) is 5. The molecular formula is C18H18F2N6O2. The molecule has 28 heavy (non-hydrogen) atoms. The topological polar surface area (TPSA) is 81.1 Å². The van der Waals surface area contributed by atoms with Crippen LogP contribution >= 0.6 is 0 Å². The average molecular weight is 388 g/mol. The molecule has 0 saturated heterocycles. The molecule has 0 saturated carbocycles. The van der Waals surface area contributed by atoms with Crippen molar-refractivity contribution in [1.82, 2.24) is 25.0 Å². The number of H-pyrrole nitrogens is 1. The zero-order valence-corrected chi connectivity index (χ0v) is 14.8. The summed E-state index contributed by atoms with van der Waals surface area (Å²) in [6.07, 6.45) is 7.48. The van der Waals surface area contributed by atoms with Crippen LogP contribution in [0.3, 0.4) is 0 Å². The van der Waals surface area contributed by atoms with E-state index in [4.69, 9.17) is 9.47 Å². The number of pyridine rings is 1. The molecule has 8 nitrogen and oxygen atoms in total. The Balaban J connectivity index is 1.62. The third kappa shape index (κ3) is 3.86. The first-order chi connectivity index (χ1) is 13.7. The summed E-state index contributed by atoms with van der Waals surface area (Å²) in [5.74, 6) is 0. The summed E-state index contributed by atoms with van der Waals surface area (Å²) in [6, 6.07) is 5.56. The van der Waals surface area contributed by atoms with Crippen LogP contribution in [-0.4, -0.2) is 44.6 Å². The van der Waals surface area contributed by atoms with Crippen LogP contribution in [0.25, 0.3) is 11.4 Å². The Hall–Kier alpha value is -3.27. The van der Waals surface area contributed by atoms with Crippen LogP contribution in [-0.2, 0) is 16.0 Å². The number of rotatable bonds is 8. The largest absolute Gasteiger partial charge is 0.472 e. The summed E-state index contributed by atoms with van der Waals surface area (Å²) >= 11 is 0. The Labute approximate surface area is 159 Å². The van der Waals surface area contributed by atoms with Crippen molar-refractivity contribution < 1.29 is 18.3 Å². The summed E-state index contributed by atoms with van der Waals surface area (Å²) in [5.41, 5.74) is 2.96. The van der Waals surface area contributed by atoms with Crippen LogP contribution in [0, 0.1) is 0 Å². The third-order valence-corrected chi connectivity index (χ3v) is 4.12. The molecule has 0 spiro atoms.